The topological polar surface area (TPSA) is 25.8 Å². The summed E-state index contributed by atoms with van der Waals surface area (Å²) in [7, 11) is 0. The second kappa shape index (κ2) is 4.67. The van der Waals surface area contributed by atoms with Gasteiger partial charge in [0.1, 0.15) is 10.3 Å². The van der Waals surface area contributed by atoms with Gasteiger partial charge in [0.05, 0.1) is 9.35 Å². The fourth-order valence-corrected chi connectivity index (χ4v) is 2.86. The predicted octanol–water partition coefficient (Wildman–Crippen LogP) is 5.04. The molecule has 2 aromatic rings. The number of halogens is 4. The van der Waals surface area contributed by atoms with Gasteiger partial charge in [-0.25, -0.2) is 9.97 Å². The summed E-state index contributed by atoms with van der Waals surface area (Å²) in [5, 5.41) is 2.58. The molecular formula is C8H2Br2Cl2N2S. The molecule has 0 aliphatic rings. The van der Waals surface area contributed by atoms with Crippen LogP contribution in [-0.2, 0) is 0 Å². The molecule has 0 saturated heterocycles. The summed E-state index contributed by atoms with van der Waals surface area (Å²) in [6, 6.07) is 1.92. The first kappa shape index (κ1) is 11.8. The zero-order valence-electron chi connectivity index (χ0n) is 6.97. The second-order valence-corrected chi connectivity index (χ2v) is 5.91. The van der Waals surface area contributed by atoms with Gasteiger partial charge in [-0.15, -0.1) is 11.3 Å². The van der Waals surface area contributed by atoms with Gasteiger partial charge in [-0.1, -0.05) is 23.2 Å². The van der Waals surface area contributed by atoms with Crippen LogP contribution in [0.5, 0.6) is 0 Å². The van der Waals surface area contributed by atoms with Crippen LogP contribution in [0.3, 0.4) is 0 Å². The molecule has 2 heterocycles. The first-order valence-electron chi connectivity index (χ1n) is 3.71. The van der Waals surface area contributed by atoms with Crippen molar-refractivity contribution in [3.8, 4) is 10.7 Å². The lowest BCUT2D eigenvalue weighted by Crippen LogP contribution is -1.89. The van der Waals surface area contributed by atoms with E-state index in [1.807, 2.05) is 11.4 Å². The van der Waals surface area contributed by atoms with Gasteiger partial charge in [0.15, 0.2) is 5.82 Å². The van der Waals surface area contributed by atoms with Crippen LogP contribution in [0.25, 0.3) is 10.7 Å². The Kier molecular flexibility index (Phi) is 3.67. The molecule has 0 N–H and O–H groups in total. The molecule has 2 aromatic heterocycles. The Morgan fingerprint density at radius 2 is 1.73 bits per heavy atom. The maximum atomic E-state index is 5.89. The van der Waals surface area contributed by atoms with Crippen LogP contribution in [0.15, 0.2) is 20.4 Å². The standard InChI is InChI=1S/C8H2Br2Cl2N2S/c9-3-1-4(15-2-3)8-13-6(11)5(10)7(12)14-8/h1-2H. The van der Waals surface area contributed by atoms with Crippen molar-refractivity contribution in [2.75, 3.05) is 0 Å². The van der Waals surface area contributed by atoms with Crippen molar-refractivity contribution in [3.63, 3.8) is 0 Å². The van der Waals surface area contributed by atoms with Crippen LogP contribution in [0.4, 0.5) is 0 Å². The molecule has 0 fully saturated rings. The van der Waals surface area contributed by atoms with Gasteiger partial charge in [-0.05, 0) is 37.9 Å². The fraction of sp³-hybridized carbons (Fsp3) is 0. The lowest BCUT2D eigenvalue weighted by Gasteiger charge is -2.00. The van der Waals surface area contributed by atoms with Crippen LogP contribution in [0.1, 0.15) is 0 Å². The van der Waals surface area contributed by atoms with Crippen LogP contribution in [0, 0.1) is 0 Å². The normalized spacial score (nSPS) is 10.7. The highest BCUT2D eigenvalue weighted by Gasteiger charge is 2.11. The van der Waals surface area contributed by atoms with Gasteiger partial charge < -0.3 is 0 Å². The monoisotopic (exact) mass is 386 g/mol. The van der Waals surface area contributed by atoms with Crippen LogP contribution in [-0.4, -0.2) is 9.97 Å². The largest absolute Gasteiger partial charge is 0.214 e. The minimum atomic E-state index is 0.314. The van der Waals surface area contributed by atoms with Gasteiger partial charge in [-0.3, -0.25) is 0 Å². The van der Waals surface area contributed by atoms with E-state index in [0.29, 0.717) is 20.6 Å². The molecule has 0 aliphatic carbocycles. The van der Waals surface area contributed by atoms with E-state index in [9.17, 15) is 0 Å². The smallest absolute Gasteiger partial charge is 0.172 e. The minimum absolute atomic E-state index is 0.314. The lowest BCUT2D eigenvalue weighted by molar-refractivity contribution is 1.17. The summed E-state index contributed by atoms with van der Waals surface area (Å²) in [5.74, 6) is 0.531. The van der Waals surface area contributed by atoms with Crippen molar-refractivity contribution in [2.24, 2.45) is 0 Å². The highest BCUT2D eigenvalue weighted by molar-refractivity contribution is 9.11. The zero-order valence-corrected chi connectivity index (χ0v) is 12.5. The molecule has 78 valence electrons. The van der Waals surface area contributed by atoms with Gasteiger partial charge in [0.25, 0.3) is 0 Å². The average Bonchev–Trinajstić information content (AvgIpc) is 2.60. The van der Waals surface area contributed by atoms with Crippen molar-refractivity contribution < 1.29 is 0 Å². The molecule has 0 spiro atoms. The van der Waals surface area contributed by atoms with Crippen molar-refractivity contribution >= 4 is 66.4 Å². The zero-order chi connectivity index (χ0) is 11.0. The molecule has 0 aliphatic heterocycles. The first-order valence-corrected chi connectivity index (χ1v) is 6.93. The van der Waals surface area contributed by atoms with E-state index < -0.39 is 0 Å². The van der Waals surface area contributed by atoms with Gasteiger partial charge in [-0.2, -0.15) is 0 Å². The first-order chi connectivity index (χ1) is 7.08. The molecule has 0 unspecified atom stereocenters. The molecule has 2 rings (SSSR count). The van der Waals surface area contributed by atoms with Gasteiger partial charge in [0, 0.05) is 9.85 Å². The summed E-state index contributed by atoms with van der Waals surface area (Å²) in [6.07, 6.45) is 0. The molecule has 0 aromatic carbocycles. The van der Waals surface area contributed by atoms with Crippen molar-refractivity contribution in [2.45, 2.75) is 0 Å². The van der Waals surface area contributed by atoms with Gasteiger partial charge >= 0.3 is 0 Å². The van der Waals surface area contributed by atoms with E-state index in [1.165, 1.54) is 11.3 Å². The van der Waals surface area contributed by atoms with E-state index >= 15 is 0 Å². The lowest BCUT2D eigenvalue weighted by atomic mass is 10.4. The minimum Gasteiger partial charge on any atom is -0.214 e. The van der Waals surface area contributed by atoms with Crippen LogP contribution in [0.2, 0.25) is 10.3 Å². The Balaban J connectivity index is 2.55. The average molecular weight is 389 g/mol. The number of hydrogen-bond acceptors (Lipinski definition) is 3. The molecule has 0 radical (unpaired) electrons. The van der Waals surface area contributed by atoms with Crippen LogP contribution < -0.4 is 0 Å². The molecule has 0 saturated carbocycles. The maximum absolute atomic E-state index is 5.89. The summed E-state index contributed by atoms with van der Waals surface area (Å²) in [5.41, 5.74) is 0. The number of hydrogen-bond donors (Lipinski definition) is 0. The molecule has 2 nitrogen and oxygen atoms in total. The Hall–Kier alpha value is 0.320. The Bertz CT molecular complexity index is 492. The Morgan fingerprint density at radius 3 is 2.20 bits per heavy atom. The van der Waals surface area contributed by atoms with E-state index in [-0.39, 0.29) is 0 Å². The number of aromatic nitrogens is 2. The SMILES string of the molecule is Clc1nc(-c2cc(Br)cs2)nc(Cl)c1Br. The highest BCUT2D eigenvalue weighted by Crippen LogP contribution is 2.33. The quantitative estimate of drug-likeness (QED) is 0.640. The van der Waals surface area contributed by atoms with Crippen LogP contribution >= 0.6 is 66.4 Å². The second-order valence-electron chi connectivity index (χ2n) is 2.57. The summed E-state index contributed by atoms with van der Waals surface area (Å²) in [6.45, 7) is 0. The Labute approximate surface area is 117 Å². The third kappa shape index (κ3) is 2.53. The molecule has 0 bridgehead atoms. The highest BCUT2D eigenvalue weighted by atomic mass is 79.9. The van der Waals surface area contributed by atoms with Crippen molar-refractivity contribution in [3.05, 3.63) is 30.7 Å². The van der Waals surface area contributed by atoms with E-state index in [1.54, 1.807) is 0 Å². The Morgan fingerprint density at radius 1 is 1.13 bits per heavy atom. The molecule has 15 heavy (non-hydrogen) atoms. The fourth-order valence-electron chi connectivity index (χ4n) is 0.935. The van der Waals surface area contributed by atoms with Crippen molar-refractivity contribution in [1.82, 2.24) is 9.97 Å². The molecule has 7 heteroatoms. The van der Waals surface area contributed by atoms with Gasteiger partial charge in [0.2, 0.25) is 0 Å². The maximum Gasteiger partial charge on any atom is 0.172 e. The third-order valence-corrected chi connectivity index (χ3v) is 5.00. The summed E-state index contributed by atoms with van der Waals surface area (Å²) < 4.78 is 1.51. The molecule has 0 amide bonds. The summed E-state index contributed by atoms with van der Waals surface area (Å²) in [4.78, 5) is 9.17. The van der Waals surface area contributed by atoms with E-state index in [2.05, 4.69) is 41.8 Å². The third-order valence-electron chi connectivity index (χ3n) is 1.56. The number of nitrogens with zero attached hydrogens (tertiary/aromatic N) is 2. The number of thiophene rings is 1. The van der Waals surface area contributed by atoms with E-state index in [4.69, 9.17) is 23.2 Å². The predicted molar refractivity (Wildman–Crippen MR) is 70.8 cm³/mol. The molecular weight excluding hydrogens is 387 g/mol. The molecule has 0 atom stereocenters. The van der Waals surface area contributed by atoms with Crippen molar-refractivity contribution in [1.29, 1.82) is 0 Å². The summed E-state index contributed by atoms with van der Waals surface area (Å²) >= 11 is 19.9. The van der Waals surface area contributed by atoms with E-state index in [0.717, 1.165) is 9.35 Å². The number of rotatable bonds is 1.